The highest BCUT2D eigenvalue weighted by molar-refractivity contribution is 7.13. The minimum absolute atomic E-state index is 0.0924. The number of thiazole rings is 1. The Labute approximate surface area is 124 Å². The van der Waals surface area contributed by atoms with Gasteiger partial charge in [-0.25, -0.2) is 4.98 Å². The SMILES string of the molecule is COCC(O)CN(C)C(=O)c1sc(CC(C)C)nc1C. The van der Waals surface area contributed by atoms with Crippen molar-refractivity contribution in [3.05, 3.63) is 15.6 Å². The number of likely N-dealkylation sites (N-methyl/N-ethyl adjacent to an activating group) is 1. The molecule has 0 radical (unpaired) electrons. The van der Waals surface area contributed by atoms with Crippen LogP contribution in [0.15, 0.2) is 0 Å². The van der Waals surface area contributed by atoms with Gasteiger partial charge in [-0.15, -0.1) is 11.3 Å². The fraction of sp³-hybridized carbons (Fsp3) is 0.714. The van der Waals surface area contributed by atoms with Crippen LogP contribution in [0.3, 0.4) is 0 Å². The molecule has 0 fully saturated rings. The van der Waals surface area contributed by atoms with E-state index in [9.17, 15) is 9.90 Å². The predicted molar refractivity (Wildman–Crippen MR) is 80.2 cm³/mol. The van der Waals surface area contributed by atoms with Crippen molar-refractivity contribution in [1.29, 1.82) is 0 Å². The Kier molecular flexibility index (Phi) is 6.58. The third-order valence-corrected chi connectivity index (χ3v) is 3.98. The zero-order chi connectivity index (χ0) is 15.3. The molecule has 1 atom stereocenters. The van der Waals surface area contributed by atoms with Crippen LogP contribution in [0.5, 0.6) is 0 Å². The number of carbonyl (C=O) groups excluding carboxylic acids is 1. The maximum atomic E-state index is 12.3. The summed E-state index contributed by atoms with van der Waals surface area (Å²) in [5.74, 6) is 0.426. The molecule has 0 saturated heterocycles. The maximum Gasteiger partial charge on any atom is 0.265 e. The molecule has 1 N–H and O–H groups in total. The van der Waals surface area contributed by atoms with Crippen molar-refractivity contribution in [2.75, 3.05) is 27.3 Å². The molecule has 0 spiro atoms. The summed E-state index contributed by atoms with van der Waals surface area (Å²) in [6, 6.07) is 0. The van der Waals surface area contributed by atoms with Gasteiger partial charge < -0.3 is 14.7 Å². The number of aliphatic hydroxyl groups is 1. The van der Waals surface area contributed by atoms with E-state index in [-0.39, 0.29) is 19.1 Å². The first-order chi connectivity index (χ1) is 9.35. The van der Waals surface area contributed by atoms with Gasteiger partial charge in [0, 0.05) is 27.1 Å². The summed E-state index contributed by atoms with van der Waals surface area (Å²) < 4.78 is 4.86. The summed E-state index contributed by atoms with van der Waals surface area (Å²) in [6.45, 7) is 6.59. The maximum absolute atomic E-state index is 12.3. The molecule has 1 aromatic rings. The second-order valence-corrected chi connectivity index (χ2v) is 6.50. The van der Waals surface area contributed by atoms with Crippen LogP contribution in [0.2, 0.25) is 0 Å². The lowest BCUT2D eigenvalue weighted by atomic mass is 10.1. The van der Waals surface area contributed by atoms with E-state index < -0.39 is 6.10 Å². The molecule has 1 aromatic heterocycles. The van der Waals surface area contributed by atoms with E-state index in [1.54, 1.807) is 7.05 Å². The van der Waals surface area contributed by atoms with Gasteiger partial charge in [0.1, 0.15) is 4.88 Å². The molecule has 1 heterocycles. The van der Waals surface area contributed by atoms with Crippen molar-refractivity contribution in [2.45, 2.75) is 33.3 Å². The highest BCUT2D eigenvalue weighted by atomic mass is 32.1. The van der Waals surface area contributed by atoms with E-state index in [0.717, 1.165) is 17.1 Å². The van der Waals surface area contributed by atoms with E-state index in [4.69, 9.17) is 4.74 Å². The van der Waals surface area contributed by atoms with Gasteiger partial charge in [-0.2, -0.15) is 0 Å². The Morgan fingerprint density at radius 1 is 1.50 bits per heavy atom. The van der Waals surface area contributed by atoms with Crippen LogP contribution >= 0.6 is 11.3 Å². The van der Waals surface area contributed by atoms with Gasteiger partial charge in [0.2, 0.25) is 0 Å². The molecule has 1 rings (SSSR count). The first-order valence-electron chi connectivity index (χ1n) is 6.73. The van der Waals surface area contributed by atoms with E-state index in [1.165, 1.54) is 23.3 Å². The van der Waals surface area contributed by atoms with E-state index in [1.807, 2.05) is 6.92 Å². The summed E-state index contributed by atoms with van der Waals surface area (Å²) >= 11 is 1.45. The standard InChI is InChI=1S/C14H24N2O3S/c1-9(2)6-12-15-10(3)13(20-12)14(18)16(4)7-11(17)8-19-5/h9,11,17H,6-8H2,1-5H3. The number of carbonyl (C=O) groups is 1. The van der Waals surface area contributed by atoms with Gasteiger partial charge in [-0.3, -0.25) is 4.79 Å². The van der Waals surface area contributed by atoms with Crippen molar-refractivity contribution < 1.29 is 14.6 Å². The third kappa shape index (κ3) is 4.85. The van der Waals surface area contributed by atoms with Gasteiger partial charge in [0.25, 0.3) is 5.91 Å². The predicted octanol–water partition coefficient (Wildman–Crippen LogP) is 1.73. The smallest absolute Gasteiger partial charge is 0.265 e. The number of amides is 1. The zero-order valence-corrected chi connectivity index (χ0v) is 13.7. The number of aliphatic hydroxyl groups excluding tert-OH is 1. The zero-order valence-electron chi connectivity index (χ0n) is 12.8. The average molecular weight is 300 g/mol. The highest BCUT2D eigenvalue weighted by Crippen LogP contribution is 2.22. The van der Waals surface area contributed by atoms with Gasteiger partial charge in [-0.1, -0.05) is 13.8 Å². The molecule has 1 amide bonds. The molecule has 20 heavy (non-hydrogen) atoms. The van der Waals surface area contributed by atoms with Crippen LogP contribution in [-0.2, 0) is 11.2 Å². The molecule has 0 aliphatic carbocycles. The Morgan fingerprint density at radius 2 is 2.15 bits per heavy atom. The molecule has 1 unspecified atom stereocenters. The quantitative estimate of drug-likeness (QED) is 0.833. The number of rotatable bonds is 7. The second kappa shape index (κ2) is 7.71. The second-order valence-electron chi connectivity index (χ2n) is 5.41. The molecule has 5 nitrogen and oxygen atoms in total. The normalized spacial score (nSPS) is 12.8. The Morgan fingerprint density at radius 3 is 2.70 bits per heavy atom. The largest absolute Gasteiger partial charge is 0.389 e. The number of ether oxygens (including phenoxy) is 1. The van der Waals surface area contributed by atoms with E-state index in [0.29, 0.717) is 10.8 Å². The fourth-order valence-corrected chi connectivity index (χ4v) is 3.18. The number of methoxy groups -OCH3 is 1. The minimum atomic E-state index is -0.669. The number of aromatic nitrogens is 1. The molecule has 6 heteroatoms. The molecule has 0 bridgehead atoms. The number of hydrogen-bond acceptors (Lipinski definition) is 5. The lowest BCUT2D eigenvalue weighted by Crippen LogP contribution is -2.36. The van der Waals surface area contributed by atoms with Crippen molar-refractivity contribution in [1.82, 2.24) is 9.88 Å². The molecule has 114 valence electrons. The number of nitrogens with zero attached hydrogens (tertiary/aromatic N) is 2. The minimum Gasteiger partial charge on any atom is -0.389 e. The molecule has 0 aliphatic heterocycles. The highest BCUT2D eigenvalue weighted by Gasteiger charge is 2.21. The van der Waals surface area contributed by atoms with Crippen LogP contribution in [0.1, 0.15) is 34.2 Å². The number of aryl methyl sites for hydroxylation is 1. The lowest BCUT2D eigenvalue weighted by molar-refractivity contribution is 0.0382. The monoisotopic (exact) mass is 300 g/mol. The molecule has 0 saturated carbocycles. The average Bonchev–Trinajstić information content (AvgIpc) is 2.68. The van der Waals surface area contributed by atoms with Gasteiger partial charge >= 0.3 is 0 Å². The fourth-order valence-electron chi connectivity index (χ4n) is 1.90. The van der Waals surface area contributed by atoms with Crippen molar-refractivity contribution in [2.24, 2.45) is 5.92 Å². The van der Waals surface area contributed by atoms with Crippen molar-refractivity contribution in [3.8, 4) is 0 Å². The van der Waals surface area contributed by atoms with E-state index in [2.05, 4.69) is 18.8 Å². The third-order valence-electron chi connectivity index (χ3n) is 2.81. The first kappa shape index (κ1) is 17.1. The summed E-state index contributed by atoms with van der Waals surface area (Å²) in [5.41, 5.74) is 0.767. The number of hydrogen-bond donors (Lipinski definition) is 1. The summed E-state index contributed by atoms with van der Waals surface area (Å²) in [4.78, 5) is 19.0. The first-order valence-corrected chi connectivity index (χ1v) is 7.55. The molecule has 0 aliphatic rings. The van der Waals surface area contributed by atoms with Gasteiger partial charge in [0.15, 0.2) is 0 Å². The summed E-state index contributed by atoms with van der Waals surface area (Å²) in [7, 11) is 3.21. The molecular weight excluding hydrogens is 276 g/mol. The Bertz CT molecular complexity index is 446. The van der Waals surface area contributed by atoms with Gasteiger partial charge in [-0.05, 0) is 12.8 Å². The van der Waals surface area contributed by atoms with Gasteiger partial charge in [0.05, 0.1) is 23.4 Å². The topological polar surface area (TPSA) is 62.7 Å². The summed E-state index contributed by atoms with van der Waals surface area (Å²) in [6.07, 6.45) is 0.215. The van der Waals surface area contributed by atoms with Crippen LogP contribution in [0.4, 0.5) is 0 Å². The Hall–Kier alpha value is -0.980. The Balaban J connectivity index is 2.73. The van der Waals surface area contributed by atoms with Crippen molar-refractivity contribution in [3.63, 3.8) is 0 Å². The summed E-state index contributed by atoms with van der Waals surface area (Å²) in [5, 5.41) is 10.7. The van der Waals surface area contributed by atoms with Crippen molar-refractivity contribution >= 4 is 17.2 Å². The van der Waals surface area contributed by atoms with Crippen LogP contribution in [0.25, 0.3) is 0 Å². The molecular formula is C14H24N2O3S. The lowest BCUT2D eigenvalue weighted by Gasteiger charge is -2.19. The van der Waals surface area contributed by atoms with Crippen LogP contribution < -0.4 is 0 Å². The van der Waals surface area contributed by atoms with E-state index >= 15 is 0 Å². The van der Waals surface area contributed by atoms with Crippen LogP contribution in [-0.4, -0.2) is 54.3 Å². The molecule has 0 aromatic carbocycles. The van der Waals surface area contributed by atoms with Crippen LogP contribution in [0, 0.1) is 12.8 Å².